The molecule has 47 heavy (non-hydrogen) atoms. The highest BCUT2D eigenvalue weighted by molar-refractivity contribution is 6.09. The van der Waals surface area contributed by atoms with Gasteiger partial charge in [0, 0.05) is 44.6 Å². The summed E-state index contributed by atoms with van der Waals surface area (Å²) in [6, 6.07) is 49.8. The number of hydrogen-bond acceptors (Lipinski definition) is 2. The van der Waals surface area contributed by atoms with Gasteiger partial charge in [-0.2, -0.15) is 0 Å². The second-order valence-corrected chi connectivity index (χ2v) is 13.1. The molecule has 1 aliphatic carbocycles. The molecular weight excluding hydrogens is 573 g/mol. The quantitative estimate of drug-likeness (QED) is 0.189. The van der Waals surface area contributed by atoms with Crippen LogP contribution in [-0.4, -0.2) is 19.1 Å². The van der Waals surface area contributed by atoms with E-state index in [1.54, 1.807) is 0 Å². The molecule has 9 aromatic rings. The Balaban J connectivity index is 1.34. The van der Waals surface area contributed by atoms with E-state index in [9.17, 15) is 0 Å². The Morgan fingerprint density at radius 1 is 0.574 bits per heavy atom. The van der Waals surface area contributed by atoms with Crippen LogP contribution in [0.1, 0.15) is 25.0 Å². The monoisotopic (exact) mass is 602 g/mol. The lowest BCUT2D eigenvalue weighted by atomic mass is 9.81. The lowest BCUT2D eigenvalue weighted by Gasteiger charge is -2.21. The van der Waals surface area contributed by atoms with E-state index in [-0.39, 0.29) is 5.41 Å². The van der Waals surface area contributed by atoms with Crippen molar-refractivity contribution in [2.45, 2.75) is 19.3 Å². The van der Waals surface area contributed by atoms with Crippen LogP contribution in [-0.2, 0) is 5.41 Å². The molecule has 0 aliphatic heterocycles. The molecule has 0 amide bonds. The van der Waals surface area contributed by atoms with Gasteiger partial charge >= 0.3 is 0 Å². The van der Waals surface area contributed by atoms with E-state index >= 15 is 0 Å². The van der Waals surface area contributed by atoms with Gasteiger partial charge in [-0.15, -0.1) is 0 Å². The summed E-state index contributed by atoms with van der Waals surface area (Å²) in [5.41, 5.74) is 11.3. The van der Waals surface area contributed by atoms with Crippen LogP contribution in [0.15, 0.2) is 146 Å². The molecular formula is C43H30N4. The summed E-state index contributed by atoms with van der Waals surface area (Å²) in [4.78, 5) is 10.9. The molecule has 0 atom stereocenters. The van der Waals surface area contributed by atoms with E-state index in [0.717, 1.165) is 38.8 Å². The largest absolute Gasteiger partial charge is 0.317 e. The van der Waals surface area contributed by atoms with Crippen LogP contribution in [0.2, 0.25) is 0 Å². The van der Waals surface area contributed by atoms with E-state index in [1.165, 1.54) is 44.1 Å². The first-order valence-electron chi connectivity index (χ1n) is 16.2. The first kappa shape index (κ1) is 26.2. The van der Waals surface area contributed by atoms with Gasteiger partial charge in [0.2, 0.25) is 5.95 Å². The normalized spacial score (nSPS) is 13.5. The van der Waals surface area contributed by atoms with E-state index in [1.807, 2.05) is 0 Å². The average molecular weight is 603 g/mol. The van der Waals surface area contributed by atoms with Crippen molar-refractivity contribution in [1.82, 2.24) is 19.1 Å². The molecule has 1 aliphatic rings. The molecule has 3 heterocycles. The molecule has 0 saturated heterocycles. The lowest BCUT2D eigenvalue weighted by molar-refractivity contribution is 0.666. The predicted molar refractivity (Wildman–Crippen MR) is 194 cm³/mol. The molecule has 0 spiro atoms. The van der Waals surface area contributed by atoms with Crippen molar-refractivity contribution in [1.29, 1.82) is 0 Å². The van der Waals surface area contributed by atoms with Gasteiger partial charge in [0.05, 0.1) is 27.9 Å². The van der Waals surface area contributed by atoms with Gasteiger partial charge in [0.15, 0.2) is 0 Å². The number of aromatic nitrogens is 4. The van der Waals surface area contributed by atoms with Crippen molar-refractivity contribution >= 4 is 43.5 Å². The van der Waals surface area contributed by atoms with E-state index in [4.69, 9.17) is 9.97 Å². The maximum Gasteiger partial charge on any atom is 0.235 e. The minimum absolute atomic E-state index is 0.210. The third-order valence-electron chi connectivity index (χ3n) is 10.1. The molecule has 0 unspecified atom stereocenters. The molecule has 6 aromatic carbocycles. The van der Waals surface area contributed by atoms with Gasteiger partial charge in [0.25, 0.3) is 0 Å². The maximum atomic E-state index is 5.44. The minimum atomic E-state index is -0.210. The van der Waals surface area contributed by atoms with Crippen LogP contribution < -0.4 is 0 Å². The summed E-state index contributed by atoms with van der Waals surface area (Å²) in [5, 5.41) is 5.80. The third kappa shape index (κ3) is 3.64. The fourth-order valence-electron chi connectivity index (χ4n) is 7.97. The Kier molecular flexibility index (Phi) is 5.31. The molecule has 0 saturated carbocycles. The summed E-state index contributed by atoms with van der Waals surface area (Å²) in [5.74, 6) is 0.686. The van der Waals surface area contributed by atoms with Crippen LogP contribution in [0.5, 0.6) is 0 Å². The van der Waals surface area contributed by atoms with E-state index < -0.39 is 0 Å². The van der Waals surface area contributed by atoms with Gasteiger partial charge < -0.3 is 4.57 Å². The summed E-state index contributed by atoms with van der Waals surface area (Å²) < 4.78 is 4.61. The number of hydrogen-bond donors (Lipinski definition) is 0. The Bertz CT molecular complexity index is 2710. The molecule has 222 valence electrons. The number of nitrogens with zero attached hydrogens (tertiary/aromatic N) is 4. The molecule has 10 rings (SSSR count). The number of rotatable bonds is 3. The summed E-state index contributed by atoms with van der Waals surface area (Å²) in [6.07, 6.45) is 2.17. The molecule has 4 heteroatoms. The van der Waals surface area contributed by atoms with E-state index in [2.05, 4.69) is 169 Å². The maximum absolute atomic E-state index is 5.44. The molecule has 0 bridgehead atoms. The zero-order chi connectivity index (χ0) is 31.3. The van der Waals surface area contributed by atoms with Crippen molar-refractivity contribution in [2.24, 2.45) is 0 Å². The van der Waals surface area contributed by atoms with Gasteiger partial charge in [-0.3, -0.25) is 4.57 Å². The van der Waals surface area contributed by atoms with Gasteiger partial charge in [-0.05, 0) is 58.3 Å². The standard InChI is InChI=1S/C43H30N4/c1-43(2)35-18-10-9-17-32(35)41-38(43)34-26-30(46-25-24-28-13-7-11-19-36(28)46)21-23-37(34)47(41)42-44-39(29-14-4-3-5-15-29)33-22-20-27-12-6-8-16-31(27)40(33)45-42/h3-26H,1-2H3. The molecule has 3 aromatic heterocycles. The van der Waals surface area contributed by atoms with Crippen LogP contribution in [0.3, 0.4) is 0 Å². The van der Waals surface area contributed by atoms with Crippen molar-refractivity contribution in [3.8, 4) is 34.2 Å². The minimum Gasteiger partial charge on any atom is -0.317 e. The molecule has 0 fully saturated rings. The SMILES string of the molecule is CC1(C)c2ccccc2-c2c1c1cc(-n3ccc4ccccc43)ccc1n2-c1nc(-c2ccccc2)c2ccc3ccccc3c2n1. The summed E-state index contributed by atoms with van der Waals surface area (Å²) in [6.45, 7) is 4.70. The average Bonchev–Trinajstić information content (AvgIpc) is 3.77. The van der Waals surface area contributed by atoms with Crippen molar-refractivity contribution < 1.29 is 0 Å². The fraction of sp³-hybridized carbons (Fsp3) is 0.0698. The number of para-hydroxylation sites is 1. The number of fused-ring (bicyclic) bond motifs is 9. The van der Waals surface area contributed by atoms with Crippen molar-refractivity contribution in [3.05, 3.63) is 157 Å². The van der Waals surface area contributed by atoms with Crippen molar-refractivity contribution in [3.63, 3.8) is 0 Å². The predicted octanol–water partition coefficient (Wildman–Crippen LogP) is 10.6. The molecule has 4 nitrogen and oxygen atoms in total. The van der Waals surface area contributed by atoms with Crippen LogP contribution in [0.25, 0.3) is 77.6 Å². The highest BCUT2D eigenvalue weighted by Crippen LogP contribution is 2.53. The zero-order valence-electron chi connectivity index (χ0n) is 26.1. The van der Waals surface area contributed by atoms with Crippen LogP contribution in [0, 0.1) is 0 Å². The third-order valence-corrected chi connectivity index (χ3v) is 10.1. The second kappa shape index (κ2) is 9.51. The number of benzene rings is 6. The smallest absolute Gasteiger partial charge is 0.235 e. The Morgan fingerprint density at radius 3 is 2.23 bits per heavy atom. The summed E-state index contributed by atoms with van der Waals surface area (Å²) >= 11 is 0. The molecule has 0 N–H and O–H groups in total. The Labute approximate surface area is 272 Å². The van der Waals surface area contributed by atoms with Gasteiger partial charge in [-0.1, -0.05) is 117 Å². The van der Waals surface area contributed by atoms with Crippen LogP contribution in [0.4, 0.5) is 0 Å². The van der Waals surface area contributed by atoms with E-state index in [0.29, 0.717) is 5.95 Å². The zero-order valence-corrected chi connectivity index (χ0v) is 26.1. The van der Waals surface area contributed by atoms with Crippen molar-refractivity contribution in [2.75, 3.05) is 0 Å². The van der Waals surface area contributed by atoms with Gasteiger partial charge in [0.1, 0.15) is 0 Å². The van der Waals surface area contributed by atoms with Crippen LogP contribution >= 0.6 is 0 Å². The lowest BCUT2D eigenvalue weighted by Crippen LogP contribution is -2.14. The van der Waals surface area contributed by atoms with Gasteiger partial charge in [-0.25, -0.2) is 9.97 Å². The summed E-state index contributed by atoms with van der Waals surface area (Å²) in [7, 11) is 0. The Morgan fingerprint density at radius 2 is 1.34 bits per heavy atom. The Hall–Kier alpha value is -6.00. The highest BCUT2D eigenvalue weighted by Gasteiger charge is 2.41. The topological polar surface area (TPSA) is 35.6 Å². The second-order valence-electron chi connectivity index (χ2n) is 13.1. The highest BCUT2D eigenvalue weighted by atomic mass is 15.2. The molecule has 0 radical (unpaired) electrons. The first-order valence-corrected chi connectivity index (χ1v) is 16.2. The first-order chi connectivity index (χ1) is 23.1. The fourth-order valence-corrected chi connectivity index (χ4v) is 7.97.